The Hall–Kier alpha value is -0.850. The second-order valence-electron chi connectivity index (χ2n) is 21.3. The summed E-state index contributed by atoms with van der Waals surface area (Å²) in [6, 6.07) is 2.60. The van der Waals surface area contributed by atoms with Gasteiger partial charge in [-0.25, -0.2) is 4.57 Å². The van der Waals surface area contributed by atoms with Gasteiger partial charge >= 0.3 is 0 Å². The van der Waals surface area contributed by atoms with Crippen LogP contribution in [-0.4, -0.2) is 0 Å². The number of pyridine rings is 1. The first-order valence-electron chi connectivity index (χ1n) is 30.3. The Morgan fingerprint density at radius 2 is 0.397 bits per heavy atom. The van der Waals surface area contributed by atoms with E-state index in [1.807, 2.05) is 0 Å². The predicted octanol–water partition coefficient (Wildman–Crippen LogP) is 22.0. The Kier molecular flexibility index (Phi) is 49.8. The van der Waals surface area contributed by atoms with E-state index in [9.17, 15) is 0 Å². The Balaban J connectivity index is 2.25. The summed E-state index contributed by atoms with van der Waals surface area (Å²) in [6.07, 6.45) is 81.7. The molecule has 0 unspecified atom stereocenters. The quantitative estimate of drug-likeness (QED) is 0.0453. The van der Waals surface area contributed by atoms with Crippen molar-refractivity contribution in [3.63, 3.8) is 0 Å². The van der Waals surface area contributed by atoms with Gasteiger partial charge in [-0.3, -0.25) is 0 Å². The Labute approximate surface area is 400 Å². The van der Waals surface area contributed by atoms with Crippen molar-refractivity contribution in [1.29, 1.82) is 0 Å². The molecule has 372 valence electrons. The number of aromatic nitrogens is 1. The Bertz CT molecular complexity index is 846. The van der Waals surface area contributed by atoms with Crippen molar-refractivity contribution in [2.45, 2.75) is 368 Å². The summed E-state index contributed by atoms with van der Waals surface area (Å²) < 4.78 is 2.61. The lowest BCUT2D eigenvalue weighted by Gasteiger charge is -2.08. The zero-order valence-corrected chi connectivity index (χ0v) is 44.4. The zero-order valence-electron chi connectivity index (χ0n) is 44.4. The van der Waals surface area contributed by atoms with Crippen LogP contribution in [0, 0.1) is 0 Å². The van der Waals surface area contributed by atoms with Gasteiger partial charge in [0.15, 0.2) is 12.4 Å². The molecule has 0 amide bonds. The summed E-state index contributed by atoms with van der Waals surface area (Å²) in [5.41, 5.74) is 3.24. The molecule has 1 nitrogen and oxygen atoms in total. The topological polar surface area (TPSA) is 3.88 Å². The molecule has 0 aromatic carbocycles. The molecule has 0 N–H and O–H groups in total. The first-order valence-corrected chi connectivity index (χ1v) is 30.3. The van der Waals surface area contributed by atoms with Crippen LogP contribution in [0.2, 0.25) is 0 Å². The third-order valence-corrected chi connectivity index (χ3v) is 14.7. The molecule has 0 saturated carbocycles. The van der Waals surface area contributed by atoms with Crippen LogP contribution in [0.25, 0.3) is 0 Å². The normalized spacial score (nSPS) is 11.7. The van der Waals surface area contributed by atoms with E-state index >= 15 is 0 Å². The fourth-order valence-electron chi connectivity index (χ4n) is 10.3. The molecule has 1 aromatic rings. The number of hydrogen-bond donors (Lipinski definition) is 0. The van der Waals surface area contributed by atoms with Crippen molar-refractivity contribution in [3.8, 4) is 0 Å². The number of nitrogens with zero attached hydrogens (tertiary/aromatic N) is 1. The second kappa shape index (κ2) is 52.1. The van der Waals surface area contributed by atoms with Crippen molar-refractivity contribution in [1.82, 2.24) is 0 Å². The zero-order chi connectivity index (χ0) is 45.0. The monoisotopic (exact) mass is 879 g/mol. The van der Waals surface area contributed by atoms with Crippen LogP contribution in [0.5, 0.6) is 0 Å². The maximum Gasteiger partial charge on any atom is 0.171 e. The van der Waals surface area contributed by atoms with Crippen molar-refractivity contribution >= 4 is 0 Å². The molecule has 0 aliphatic carbocycles. The minimum absolute atomic E-state index is 1.22. The van der Waals surface area contributed by atoms with E-state index < -0.39 is 0 Å². The molecule has 0 aliphatic heterocycles. The van der Waals surface area contributed by atoms with Gasteiger partial charge in [0.05, 0.1) is 0 Å². The molecule has 0 aliphatic rings. The molecule has 1 heterocycles. The number of unbranched alkanes of at least 4 members (excludes halogenated alkanes) is 48. The summed E-state index contributed by atoms with van der Waals surface area (Å²) in [6.45, 7) is 8.17. The highest BCUT2D eigenvalue weighted by atomic mass is 14.9. The van der Waals surface area contributed by atoms with Gasteiger partial charge in [0, 0.05) is 17.5 Å². The van der Waals surface area contributed by atoms with Crippen molar-refractivity contribution < 1.29 is 4.57 Å². The fourth-order valence-corrected chi connectivity index (χ4v) is 10.3. The molecule has 63 heavy (non-hydrogen) atoms. The highest BCUT2D eigenvalue weighted by Gasteiger charge is 2.09. The summed E-state index contributed by atoms with van der Waals surface area (Å²) in [5.74, 6) is 0. The first kappa shape index (κ1) is 60.2. The predicted molar refractivity (Wildman–Crippen MR) is 287 cm³/mol. The van der Waals surface area contributed by atoms with Gasteiger partial charge in [-0.2, -0.15) is 0 Å². The van der Waals surface area contributed by atoms with Crippen LogP contribution >= 0.6 is 0 Å². The van der Waals surface area contributed by atoms with Crippen LogP contribution < -0.4 is 4.57 Å². The molecular weight excluding hydrogens is 759 g/mol. The largest absolute Gasteiger partial charge is 0.205 e. The fraction of sp³-hybridized carbons (Fsp3) is 0.919. The van der Waals surface area contributed by atoms with Crippen molar-refractivity contribution in [2.24, 2.45) is 0 Å². The van der Waals surface area contributed by atoms with E-state index in [4.69, 9.17) is 0 Å². The molecule has 0 fully saturated rings. The Morgan fingerprint density at radius 1 is 0.222 bits per heavy atom. The lowest BCUT2D eigenvalue weighted by molar-refractivity contribution is -0.698. The Morgan fingerprint density at radius 3 is 0.603 bits per heavy atom. The van der Waals surface area contributed by atoms with Crippen LogP contribution in [-0.2, 0) is 19.4 Å². The van der Waals surface area contributed by atoms with Gasteiger partial charge in [0.1, 0.15) is 6.54 Å². The van der Waals surface area contributed by atoms with E-state index in [0.29, 0.717) is 0 Å². The van der Waals surface area contributed by atoms with Gasteiger partial charge in [0.25, 0.3) is 0 Å². The van der Waals surface area contributed by atoms with E-state index in [1.54, 1.807) is 11.1 Å². The van der Waals surface area contributed by atoms with Crippen LogP contribution in [0.1, 0.15) is 359 Å². The molecule has 1 aromatic heterocycles. The van der Waals surface area contributed by atoms with Crippen LogP contribution in [0.3, 0.4) is 0 Å². The molecule has 0 atom stereocenters. The molecule has 0 radical (unpaired) electrons. The first-order chi connectivity index (χ1) is 31.3. The van der Waals surface area contributed by atoms with Crippen LogP contribution in [0.4, 0.5) is 0 Å². The van der Waals surface area contributed by atoms with Gasteiger partial charge in [-0.1, -0.05) is 323 Å². The van der Waals surface area contributed by atoms with E-state index in [2.05, 4.69) is 43.8 Å². The summed E-state index contributed by atoms with van der Waals surface area (Å²) in [7, 11) is 0. The minimum atomic E-state index is 1.22. The lowest BCUT2D eigenvalue weighted by atomic mass is 10.0. The number of aryl methyl sites for hydroxylation is 3. The molecule has 0 bridgehead atoms. The maximum absolute atomic E-state index is 2.61. The van der Waals surface area contributed by atoms with Crippen molar-refractivity contribution in [3.05, 3.63) is 29.6 Å². The third-order valence-electron chi connectivity index (χ3n) is 14.7. The second-order valence-corrected chi connectivity index (χ2v) is 21.3. The minimum Gasteiger partial charge on any atom is -0.205 e. The molecule has 1 heteroatoms. The SMILES string of the molecule is CCCCCCCCCCCCCCCCCCCc1cc(CCCCCCCCCCCCCCCCCCC)c[n+](CCCCCCCCCCCCCCCCCCC)c1. The molecular formula is C62H120N+. The van der Waals surface area contributed by atoms with Crippen LogP contribution in [0.15, 0.2) is 18.5 Å². The van der Waals surface area contributed by atoms with E-state index in [0.717, 1.165) is 0 Å². The summed E-state index contributed by atoms with van der Waals surface area (Å²) in [5, 5.41) is 0. The highest BCUT2D eigenvalue weighted by Crippen LogP contribution is 2.19. The average Bonchev–Trinajstić information content (AvgIpc) is 3.29. The van der Waals surface area contributed by atoms with Gasteiger partial charge < -0.3 is 0 Å². The lowest BCUT2D eigenvalue weighted by Crippen LogP contribution is -2.34. The standard InChI is InChI=1S/C62H120N/c1-4-7-10-13-16-19-22-25-28-31-34-37-40-43-46-49-52-55-61-58-62(56-53-50-47-44-41-38-35-32-29-26-23-20-17-14-11-8-5-2)60-63(59-61)57-54-51-48-45-42-39-36-33-30-27-24-21-18-15-12-9-6-3/h58-60H,4-57H2,1-3H3/q+1. The van der Waals surface area contributed by atoms with Gasteiger partial charge in [-0.05, 0) is 38.2 Å². The molecule has 1 rings (SSSR count). The third kappa shape index (κ3) is 46.1. The van der Waals surface area contributed by atoms with Crippen molar-refractivity contribution in [2.75, 3.05) is 0 Å². The maximum atomic E-state index is 2.61. The molecule has 0 spiro atoms. The molecule has 0 saturated heterocycles. The van der Waals surface area contributed by atoms with Gasteiger partial charge in [0.2, 0.25) is 0 Å². The number of rotatable bonds is 54. The van der Waals surface area contributed by atoms with Gasteiger partial charge in [-0.15, -0.1) is 0 Å². The average molecular weight is 880 g/mol. The number of hydrogen-bond acceptors (Lipinski definition) is 0. The highest BCUT2D eigenvalue weighted by molar-refractivity contribution is 5.15. The van der Waals surface area contributed by atoms with E-state index in [-0.39, 0.29) is 0 Å². The summed E-state index contributed by atoms with van der Waals surface area (Å²) in [4.78, 5) is 0. The summed E-state index contributed by atoms with van der Waals surface area (Å²) >= 11 is 0. The van der Waals surface area contributed by atoms with E-state index in [1.165, 1.54) is 347 Å². The smallest absolute Gasteiger partial charge is 0.171 e.